The molecule has 22 heavy (non-hydrogen) atoms. The molecule has 2 amide bonds. The fourth-order valence-electron chi connectivity index (χ4n) is 2.29. The van der Waals surface area contributed by atoms with Crippen molar-refractivity contribution in [3.8, 4) is 0 Å². The molecule has 5 nitrogen and oxygen atoms in total. The molecule has 1 saturated carbocycles. The van der Waals surface area contributed by atoms with Crippen molar-refractivity contribution < 1.29 is 23.5 Å². The van der Waals surface area contributed by atoms with Crippen LogP contribution >= 0.6 is 0 Å². The number of carbonyl (C=O) groups is 2. The maximum Gasteiger partial charge on any atom is 0.352 e. The number of carbonyl (C=O) groups excluding carboxylic acids is 2. The Morgan fingerprint density at radius 1 is 1.36 bits per heavy atom. The first kappa shape index (κ1) is 16.4. The molecule has 0 atom stereocenters. The van der Waals surface area contributed by atoms with Crippen LogP contribution in [0, 0.1) is 0 Å². The van der Waals surface area contributed by atoms with Gasteiger partial charge in [-0.2, -0.15) is 8.78 Å². The zero-order valence-electron chi connectivity index (χ0n) is 12.2. The lowest BCUT2D eigenvalue weighted by molar-refractivity contribution is -0.216. The molecule has 1 aromatic rings. The maximum atomic E-state index is 13.9. The van der Waals surface area contributed by atoms with Gasteiger partial charge in [0.25, 0.3) is 5.91 Å². The molecule has 1 aromatic carbocycles. The number of alkyl halides is 2. The van der Waals surface area contributed by atoms with Crippen LogP contribution in [0.4, 0.5) is 14.5 Å². The van der Waals surface area contributed by atoms with Gasteiger partial charge >= 0.3 is 5.92 Å². The number of hydrogen-bond acceptors (Lipinski definition) is 3. The SMILES string of the molecule is CC(=O)Nc1cccc(CNC(=O)C(F)(F)C2(O)CCC2)c1. The molecule has 1 aliphatic rings. The predicted octanol–water partition coefficient (Wildman–Crippen LogP) is 1.81. The van der Waals surface area contributed by atoms with Crippen molar-refractivity contribution in [3.63, 3.8) is 0 Å². The lowest BCUT2D eigenvalue weighted by Gasteiger charge is -2.41. The highest BCUT2D eigenvalue weighted by Gasteiger charge is 2.61. The summed E-state index contributed by atoms with van der Waals surface area (Å²) in [5, 5.41) is 14.4. The molecular formula is C15H18F2N2O3. The van der Waals surface area contributed by atoms with Crippen molar-refractivity contribution in [1.82, 2.24) is 5.32 Å². The Hall–Kier alpha value is -2.02. The number of amides is 2. The van der Waals surface area contributed by atoms with Gasteiger partial charge in [-0.1, -0.05) is 12.1 Å². The normalized spacial score (nSPS) is 16.5. The van der Waals surface area contributed by atoms with Crippen molar-refractivity contribution in [1.29, 1.82) is 0 Å². The van der Waals surface area contributed by atoms with Crippen LogP contribution in [0.5, 0.6) is 0 Å². The predicted molar refractivity (Wildman–Crippen MR) is 76.3 cm³/mol. The molecule has 7 heteroatoms. The number of aliphatic hydroxyl groups is 1. The fourth-order valence-corrected chi connectivity index (χ4v) is 2.29. The van der Waals surface area contributed by atoms with Gasteiger partial charge in [0.2, 0.25) is 5.91 Å². The van der Waals surface area contributed by atoms with Gasteiger partial charge in [0.1, 0.15) is 5.60 Å². The minimum absolute atomic E-state index is 0.0779. The van der Waals surface area contributed by atoms with Gasteiger partial charge in [-0.15, -0.1) is 0 Å². The van der Waals surface area contributed by atoms with E-state index in [0.29, 0.717) is 17.7 Å². The summed E-state index contributed by atoms with van der Waals surface area (Å²) < 4.78 is 27.8. The number of hydrogen-bond donors (Lipinski definition) is 3. The zero-order chi connectivity index (χ0) is 16.4. The van der Waals surface area contributed by atoms with E-state index in [0.717, 1.165) is 0 Å². The van der Waals surface area contributed by atoms with Gasteiger partial charge in [-0.25, -0.2) is 0 Å². The van der Waals surface area contributed by atoms with E-state index < -0.39 is 17.4 Å². The summed E-state index contributed by atoms with van der Waals surface area (Å²) in [4.78, 5) is 22.6. The Bertz CT molecular complexity index is 586. The third-order valence-corrected chi connectivity index (χ3v) is 3.75. The van der Waals surface area contributed by atoms with E-state index in [1.165, 1.54) is 6.92 Å². The molecule has 0 aliphatic heterocycles. The van der Waals surface area contributed by atoms with E-state index in [-0.39, 0.29) is 25.3 Å². The van der Waals surface area contributed by atoms with Crippen LogP contribution in [0.3, 0.4) is 0 Å². The second-order valence-electron chi connectivity index (χ2n) is 5.52. The molecule has 0 spiro atoms. The van der Waals surface area contributed by atoms with Gasteiger partial charge in [0.15, 0.2) is 0 Å². The summed E-state index contributed by atoms with van der Waals surface area (Å²) >= 11 is 0. The largest absolute Gasteiger partial charge is 0.383 e. The van der Waals surface area contributed by atoms with Crippen molar-refractivity contribution in [2.45, 2.75) is 44.3 Å². The van der Waals surface area contributed by atoms with E-state index in [1.807, 2.05) is 0 Å². The summed E-state index contributed by atoms with van der Waals surface area (Å²) in [6.45, 7) is 1.24. The monoisotopic (exact) mass is 312 g/mol. The van der Waals surface area contributed by atoms with Gasteiger partial charge in [0, 0.05) is 19.2 Å². The van der Waals surface area contributed by atoms with Gasteiger partial charge in [0.05, 0.1) is 0 Å². The first-order valence-corrected chi connectivity index (χ1v) is 7.00. The minimum Gasteiger partial charge on any atom is -0.383 e. The van der Waals surface area contributed by atoms with E-state index in [2.05, 4.69) is 10.6 Å². The summed E-state index contributed by atoms with van der Waals surface area (Å²) in [7, 11) is 0. The molecule has 0 unspecified atom stereocenters. The third-order valence-electron chi connectivity index (χ3n) is 3.75. The lowest BCUT2D eigenvalue weighted by atomic mass is 9.75. The highest BCUT2D eigenvalue weighted by molar-refractivity contribution is 5.88. The van der Waals surface area contributed by atoms with Crippen LogP contribution in [-0.2, 0) is 16.1 Å². The van der Waals surface area contributed by atoms with Crippen LogP contribution < -0.4 is 10.6 Å². The molecular weight excluding hydrogens is 294 g/mol. The molecule has 3 N–H and O–H groups in total. The molecule has 1 fully saturated rings. The number of rotatable bonds is 5. The van der Waals surface area contributed by atoms with E-state index in [9.17, 15) is 23.5 Å². The number of benzene rings is 1. The minimum atomic E-state index is -3.81. The highest BCUT2D eigenvalue weighted by atomic mass is 19.3. The van der Waals surface area contributed by atoms with Crippen LogP contribution in [0.25, 0.3) is 0 Å². The van der Waals surface area contributed by atoms with Crippen LogP contribution in [0.15, 0.2) is 24.3 Å². The molecule has 0 aromatic heterocycles. The molecule has 0 heterocycles. The summed E-state index contributed by atoms with van der Waals surface area (Å²) in [6, 6.07) is 6.52. The molecule has 0 saturated heterocycles. The van der Waals surface area contributed by atoms with E-state index in [4.69, 9.17) is 0 Å². The topological polar surface area (TPSA) is 78.4 Å². The van der Waals surface area contributed by atoms with Gasteiger partial charge < -0.3 is 15.7 Å². The molecule has 0 radical (unpaired) electrons. The summed E-state index contributed by atoms with van der Waals surface area (Å²) in [5.74, 6) is -5.54. The van der Waals surface area contributed by atoms with Crippen LogP contribution in [-0.4, -0.2) is 28.4 Å². The Kier molecular flexibility index (Phi) is 4.46. The van der Waals surface area contributed by atoms with E-state index >= 15 is 0 Å². The molecule has 0 bridgehead atoms. The van der Waals surface area contributed by atoms with Crippen molar-refractivity contribution in [3.05, 3.63) is 29.8 Å². The first-order valence-electron chi connectivity index (χ1n) is 7.00. The Labute approximate surface area is 126 Å². The molecule has 120 valence electrons. The molecule has 2 rings (SSSR count). The number of anilines is 1. The van der Waals surface area contributed by atoms with Gasteiger partial charge in [-0.3, -0.25) is 9.59 Å². The Morgan fingerprint density at radius 2 is 2.05 bits per heavy atom. The smallest absolute Gasteiger partial charge is 0.352 e. The van der Waals surface area contributed by atoms with Crippen molar-refractivity contribution in [2.75, 3.05) is 5.32 Å². The highest BCUT2D eigenvalue weighted by Crippen LogP contribution is 2.44. The first-order chi connectivity index (χ1) is 10.2. The van der Waals surface area contributed by atoms with Crippen LogP contribution in [0.2, 0.25) is 0 Å². The quantitative estimate of drug-likeness (QED) is 0.776. The Balaban J connectivity index is 1.97. The standard InChI is InChI=1S/C15H18F2N2O3/c1-10(20)19-12-5-2-4-11(8-12)9-18-13(21)15(16,17)14(22)6-3-7-14/h2,4-5,8,22H,3,6-7,9H2,1H3,(H,18,21)(H,19,20). The maximum absolute atomic E-state index is 13.9. The van der Waals surface area contributed by atoms with Crippen molar-refractivity contribution in [2.24, 2.45) is 0 Å². The van der Waals surface area contributed by atoms with Crippen LogP contribution in [0.1, 0.15) is 31.7 Å². The zero-order valence-corrected chi connectivity index (χ0v) is 12.2. The lowest BCUT2D eigenvalue weighted by Crippen LogP contribution is -2.60. The number of nitrogens with one attached hydrogen (secondary N) is 2. The van der Waals surface area contributed by atoms with E-state index in [1.54, 1.807) is 24.3 Å². The second kappa shape index (κ2) is 6.00. The summed E-state index contributed by atoms with van der Waals surface area (Å²) in [5.41, 5.74) is -1.14. The Morgan fingerprint density at radius 3 is 2.59 bits per heavy atom. The summed E-state index contributed by atoms with van der Waals surface area (Å²) in [6.07, 6.45) is 0.328. The third kappa shape index (κ3) is 3.24. The average Bonchev–Trinajstić information content (AvgIpc) is 2.41. The fraction of sp³-hybridized carbons (Fsp3) is 0.467. The number of halogens is 2. The average molecular weight is 312 g/mol. The second-order valence-corrected chi connectivity index (χ2v) is 5.52. The van der Waals surface area contributed by atoms with Gasteiger partial charge in [-0.05, 0) is 37.0 Å². The molecule has 1 aliphatic carbocycles. The van der Waals surface area contributed by atoms with Crippen molar-refractivity contribution >= 4 is 17.5 Å².